The molecule has 0 spiro atoms. The first-order valence-corrected chi connectivity index (χ1v) is 11.3. The summed E-state index contributed by atoms with van der Waals surface area (Å²) in [5.41, 5.74) is 1.13. The molecule has 1 atom stereocenters. The maximum Gasteiger partial charge on any atom is 0.309 e. The standard InChI is InChI=1S/C23H32N2O5/c1-2-28-23(27)17-8-11-24(12-9-17)16-22(26)25-10-3-5-19(25)18-6-7-20-21(15-18)30-14-4-13-29-20/h6-7,15,17,19H,2-5,8-14,16H2,1H3/p+1/t19-/m1/s1. The van der Waals surface area contributed by atoms with Gasteiger partial charge in [0, 0.05) is 25.8 Å². The second kappa shape index (κ2) is 9.69. The molecule has 1 N–H and O–H groups in total. The van der Waals surface area contributed by atoms with Gasteiger partial charge in [0.05, 0.1) is 44.9 Å². The number of carbonyl (C=O) groups is 2. The molecule has 0 bridgehead atoms. The van der Waals surface area contributed by atoms with Gasteiger partial charge >= 0.3 is 5.97 Å². The van der Waals surface area contributed by atoms with Crippen molar-refractivity contribution in [3.05, 3.63) is 23.8 Å². The van der Waals surface area contributed by atoms with E-state index in [1.54, 1.807) is 0 Å². The number of hydrogen-bond acceptors (Lipinski definition) is 5. The van der Waals surface area contributed by atoms with E-state index in [0.29, 0.717) is 26.4 Å². The minimum Gasteiger partial charge on any atom is -0.490 e. The van der Waals surface area contributed by atoms with Gasteiger partial charge in [-0.3, -0.25) is 9.59 Å². The molecule has 2 saturated heterocycles. The van der Waals surface area contributed by atoms with Crippen LogP contribution in [0.2, 0.25) is 0 Å². The highest BCUT2D eigenvalue weighted by atomic mass is 16.5. The lowest BCUT2D eigenvalue weighted by Crippen LogP contribution is -3.14. The summed E-state index contributed by atoms with van der Waals surface area (Å²) in [6.45, 7) is 6.60. The van der Waals surface area contributed by atoms with Gasteiger partial charge in [0.2, 0.25) is 0 Å². The van der Waals surface area contributed by atoms with Crippen molar-refractivity contribution in [2.45, 2.75) is 45.1 Å². The molecule has 3 heterocycles. The molecule has 164 valence electrons. The van der Waals surface area contributed by atoms with Crippen LogP contribution in [0.4, 0.5) is 0 Å². The fourth-order valence-corrected chi connectivity index (χ4v) is 4.81. The number of fused-ring (bicyclic) bond motifs is 1. The van der Waals surface area contributed by atoms with E-state index in [1.807, 2.05) is 17.9 Å². The van der Waals surface area contributed by atoms with Crippen molar-refractivity contribution in [1.29, 1.82) is 0 Å². The molecule has 7 nitrogen and oxygen atoms in total. The number of piperidine rings is 1. The third-order valence-corrected chi connectivity index (χ3v) is 6.44. The van der Waals surface area contributed by atoms with Crippen molar-refractivity contribution in [3.8, 4) is 11.5 Å². The van der Waals surface area contributed by atoms with Gasteiger partial charge in [-0.1, -0.05) is 6.07 Å². The Bertz CT molecular complexity index is 760. The predicted molar refractivity (Wildman–Crippen MR) is 111 cm³/mol. The maximum absolute atomic E-state index is 13.1. The van der Waals surface area contributed by atoms with Gasteiger partial charge in [0.1, 0.15) is 0 Å². The zero-order chi connectivity index (χ0) is 20.9. The third kappa shape index (κ3) is 4.72. The molecule has 4 rings (SSSR count). The molecule has 0 aliphatic carbocycles. The Balaban J connectivity index is 1.35. The molecule has 0 unspecified atom stereocenters. The zero-order valence-electron chi connectivity index (χ0n) is 17.9. The number of ether oxygens (including phenoxy) is 3. The van der Waals surface area contributed by atoms with E-state index in [9.17, 15) is 9.59 Å². The van der Waals surface area contributed by atoms with Crippen molar-refractivity contribution < 1.29 is 28.7 Å². The summed E-state index contributed by atoms with van der Waals surface area (Å²) >= 11 is 0. The molecule has 3 aliphatic heterocycles. The molecule has 2 fully saturated rings. The largest absolute Gasteiger partial charge is 0.490 e. The zero-order valence-corrected chi connectivity index (χ0v) is 17.9. The van der Waals surface area contributed by atoms with Gasteiger partial charge in [0.15, 0.2) is 18.0 Å². The number of benzene rings is 1. The second-order valence-corrected chi connectivity index (χ2v) is 8.45. The van der Waals surface area contributed by atoms with Crippen molar-refractivity contribution >= 4 is 11.9 Å². The molecule has 1 amide bonds. The highest BCUT2D eigenvalue weighted by Gasteiger charge is 2.34. The van der Waals surface area contributed by atoms with Crippen LogP contribution >= 0.6 is 0 Å². The van der Waals surface area contributed by atoms with Gasteiger partial charge in [-0.25, -0.2) is 0 Å². The maximum atomic E-state index is 13.1. The van der Waals surface area contributed by atoms with Crippen molar-refractivity contribution in [2.75, 3.05) is 46.0 Å². The molecular weight excluding hydrogens is 384 g/mol. The van der Waals surface area contributed by atoms with Gasteiger partial charge in [-0.2, -0.15) is 0 Å². The number of quaternary nitrogens is 1. The van der Waals surface area contributed by atoms with E-state index in [0.717, 1.165) is 68.8 Å². The average molecular weight is 418 g/mol. The van der Waals surface area contributed by atoms with Gasteiger partial charge < -0.3 is 24.0 Å². The first kappa shape index (κ1) is 21.0. The lowest BCUT2D eigenvalue weighted by molar-refractivity contribution is -0.898. The number of esters is 1. The smallest absolute Gasteiger partial charge is 0.309 e. The third-order valence-electron chi connectivity index (χ3n) is 6.44. The van der Waals surface area contributed by atoms with E-state index in [2.05, 4.69) is 12.1 Å². The predicted octanol–water partition coefficient (Wildman–Crippen LogP) is 1.37. The SMILES string of the molecule is CCOC(=O)C1CC[NH+](CC(=O)N2CCC[C@@H]2c2ccc3c(c2)OCCCO3)CC1. The fourth-order valence-electron chi connectivity index (χ4n) is 4.81. The van der Waals surface area contributed by atoms with E-state index < -0.39 is 0 Å². The first-order valence-electron chi connectivity index (χ1n) is 11.3. The summed E-state index contributed by atoms with van der Waals surface area (Å²) in [6.07, 6.45) is 4.48. The Hall–Kier alpha value is -2.28. The topological polar surface area (TPSA) is 69.5 Å². The summed E-state index contributed by atoms with van der Waals surface area (Å²) < 4.78 is 16.7. The first-order chi connectivity index (χ1) is 14.7. The number of nitrogens with zero attached hydrogens (tertiary/aromatic N) is 1. The number of nitrogens with one attached hydrogen (secondary N) is 1. The van der Waals surface area contributed by atoms with Gasteiger partial charge in [0.25, 0.3) is 5.91 Å². The minimum atomic E-state index is -0.0862. The Morgan fingerprint density at radius 2 is 1.87 bits per heavy atom. The highest BCUT2D eigenvalue weighted by molar-refractivity contribution is 5.78. The summed E-state index contributed by atoms with van der Waals surface area (Å²) in [7, 11) is 0. The molecular formula is C23H33N2O5+. The van der Waals surface area contributed by atoms with Gasteiger partial charge in [-0.05, 0) is 37.5 Å². The van der Waals surface area contributed by atoms with Crippen LogP contribution in [0.3, 0.4) is 0 Å². The summed E-state index contributed by atoms with van der Waals surface area (Å²) in [5.74, 6) is 1.69. The number of carbonyl (C=O) groups excluding carboxylic acids is 2. The Morgan fingerprint density at radius 3 is 2.63 bits per heavy atom. The second-order valence-electron chi connectivity index (χ2n) is 8.45. The van der Waals surface area contributed by atoms with Gasteiger partial charge in [-0.15, -0.1) is 0 Å². The van der Waals surface area contributed by atoms with Crippen LogP contribution in [0, 0.1) is 5.92 Å². The lowest BCUT2D eigenvalue weighted by Gasteiger charge is -2.31. The van der Waals surface area contributed by atoms with E-state index in [-0.39, 0.29) is 23.8 Å². The van der Waals surface area contributed by atoms with E-state index in [4.69, 9.17) is 14.2 Å². The molecule has 7 heteroatoms. The highest BCUT2D eigenvalue weighted by Crippen LogP contribution is 2.37. The van der Waals surface area contributed by atoms with E-state index in [1.165, 1.54) is 4.90 Å². The molecule has 3 aliphatic rings. The fraction of sp³-hybridized carbons (Fsp3) is 0.652. The quantitative estimate of drug-likeness (QED) is 0.733. The van der Waals surface area contributed by atoms with Crippen LogP contribution in [0.15, 0.2) is 18.2 Å². The number of rotatable bonds is 5. The van der Waals surface area contributed by atoms with Crippen molar-refractivity contribution in [1.82, 2.24) is 4.90 Å². The van der Waals surface area contributed by atoms with Crippen molar-refractivity contribution in [3.63, 3.8) is 0 Å². The van der Waals surface area contributed by atoms with Crippen molar-refractivity contribution in [2.24, 2.45) is 5.92 Å². The molecule has 0 aromatic heterocycles. The average Bonchev–Trinajstić information content (AvgIpc) is 3.13. The van der Waals surface area contributed by atoms with E-state index >= 15 is 0 Å². The van der Waals surface area contributed by atoms with Crippen LogP contribution in [0.1, 0.15) is 50.6 Å². The number of likely N-dealkylation sites (tertiary alicyclic amines) is 2. The Morgan fingerprint density at radius 1 is 1.10 bits per heavy atom. The minimum absolute atomic E-state index is 0.00914. The Kier molecular flexibility index (Phi) is 6.77. The summed E-state index contributed by atoms with van der Waals surface area (Å²) in [6, 6.07) is 6.20. The molecule has 30 heavy (non-hydrogen) atoms. The summed E-state index contributed by atoms with van der Waals surface area (Å²) in [5, 5.41) is 0. The molecule has 0 radical (unpaired) electrons. The van der Waals surface area contributed by atoms with Crippen LogP contribution in [0.5, 0.6) is 11.5 Å². The number of hydrogen-bond donors (Lipinski definition) is 1. The molecule has 1 aromatic rings. The monoisotopic (exact) mass is 417 g/mol. The normalized spacial score (nSPS) is 26.2. The molecule has 1 aromatic carbocycles. The summed E-state index contributed by atoms with van der Waals surface area (Å²) in [4.78, 5) is 28.4. The molecule has 0 saturated carbocycles. The van der Waals surface area contributed by atoms with Crippen LogP contribution in [-0.2, 0) is 14.3 Å². The number of amides is 1. The van der Waals surface area contributed by atoms with Crippen LogP contribution < -0.4 is 14.4 Å². The van der Waals surface area contributed by atoms with Crippen LogP contribution in [-0.4, -0.2) is 62.8 Å². The van der Waals surface area contributed by atoms with Crippen LogP contribution in [0.25, 0.3) is 0 Å². The Labute approximate surface area is 178 Å². The lowest BCUT2D eigenvalue weighted by atomic mass is 9.97.